The van der Waals surface area contributed by atoms with E-state index in [9.17, 15) is 9.18 Å². The molecule has 0 radical (unpaired) electrons. The van der Waals surface area contributed by atoms with Gasteiger partial charge in [-0.3, -0.25) is 4.79 Å². The van der Waals surface area contributed by atoms with Gasteiger partial charge in [-0.2, -0.15) is 10.1 Å². The molecule has 1 aromatic carbocycles. The van der Waals surface area contributed by atoms with E-state index in [4.69, 9.17) is 4.52 Å². The fraction of sp³-hybridized carbons (Fsp3) is 0.400. The van der Waals surface area contributed by atoms with Crippen LogP contribution in [0.1, 0.15) is 59.6 Å². The summed E-state index contributed by atoms with van der Waals surface area (Å²) in [6, 6.07) is 6.00. The van der Waals surface area contributed by atoms with Crippen LogP contribution in [-0.4, -0.2) is 32.4 Å². The van der Waals surface area contributed by atoms with Crippen molar-refractivity contribution in [2.45, 2.75) is 46.5 Å². The first-order chi connectivity index (χ1) is 13.4. The number of nitrogens with one attached hydrogen (secondary N) is 1. The first kappa shape index (κ1) is 19.7. The maximum Gasteiger partial charge on any atom is 0.255 e. The molecular weight excluding hydrogens is 361 g/mol. The monoisotopic (exact) mass is 385 g/mol. The van der Waals surface area contributed by atoms with Gasteiger partial charge in [0.1, 0.15) is 5.82 Å². The highest BCUT2D eigenvalue weighted by molar-refractivity contribution is 5.96. The molecule has 0 atom stereocenters. The number of amides is 1. The molecule has 2 aromatic heterocycles. The molecule has 1 amide bonds. The number of halogens is 1. The van der Waals surface area contributed by atoms with E-state index < -0.39 is 0 Å². The molecule has 0 fully saturated rings. The number of hydrogen-bond donors (Lipinski definition) is 1. The van der Waals surface area contributed by atoms with Crippen LogP contribution in [0.15, 0.2) is 28.8 Å². The van der Waals surface area contributed by atoms with E-state index >= 15 is 0 Å². The summed E-state index contributed by atoms with van der Waals surface area (Å²) in [7, 11) is 0. The Labute approximate surface area is 162 Å². The standard InChI is InChI=1S/C20H24FN5O2/c1-12(2)19-23-17(28-25-19)6-5-11-22-20(27)18-13(3)24-26(14(18)4)16-9-7-15(21)8-10-16/h7-10,12H,5-6,11H2,1-4H3,(H,22,27). The van der Waals surface area contributed by atoms with Crippen LogP contribution in [0.4, 0.5) is 4.39 Å². The first-order valence-electron chi connectivity index (χ1n) is 9.29. The second kappa shape index (κ2) is 8.33. The normalized spacial score (nSPS) is 11.2. The van der Waals surface area contributed by atoms with Gasteiger partial charge in [0, 0.05) is 18.9 Å². The van der Waals surface area contributed by atoms with E-state index in [1.165, 1.54) is 12.1 Å². The molecule has 3 aromatic rings. The Hall–Kier alpha value is -3.03. The minimum Gasteiger partial charge on any atom is -0.352 e. The molecule has 0 bridgehead atoms. The SMILES string of the molecule is Cc1nn(-c2ccc(F)cc2)c(C)c1C(=O)NCCCc1nc(C(C)C)no1. The number of aromatic nitrogens is 4. The molecule has 0 unspecified atom stereocenters. The van der Waals surface area contributed by atoms with Crippen molar-refractivity contribution in [3.05, 3.63) is 58.7 Å². The Morgan fingerprint density at radius 3 is 2.61 bits per heavy atom. The van der Waals surface area contributed by atoms with Crippen LogP contribution in [-0.2, 0) is 6.42 Å². The van der Waals surface area contributed by atoms with Gasteiger partial charge in [-0.05, 0) is 44.5 Å². The van der Waals surface area contributed by atoms with E-state index in [1.54, 1.807) is 23.7 Å². The van der Waals surface area contributed by atoms with Crippen LogP contribution in [0.3, 0.4) is 0 Å². The Bertz CT molecular complexity index is 960. The summed E-state index contributed by atoms with van der Waals surface area (Å²) < 4.78 is 20.0. The van der Waals surface area contributed by atoms with Crippen molar-refractivity contribution in [3.63, 3.8) is 0 Å². The molecule has 28 heavy (non-hydrogen) atoms. The summed E-state index contributed by atoms with van der Waals surface area (Å²) in [5.74, 6) is 0.996. The fourth-order valence-electron chi connectivity index (χ4n) is 2.94. The van der Waals surface area contributed by atoms with Crippen LogP contribution in [0.25, 0.3) is 5.69 Å². The fourth-order valence-corrected chi connectivity index (χ4v) is 2.94. The third kappa shape index (κ3) is 4.27. The topological polar surface area (TPSA) is 85.8 Å². The predicted molar refractivity (Wildman–Crippen MR) is 102 cm³/mol. The second-order valence-electron chi connectivity index (χ2n) is 6.99. The van der Waals surface area contributed by atoms with Crippen LogP contribution < -0.4 is 5.32 Å². The molecule has 0 aliphatic heterocycles. The maximum absolute atomic E-state index is 13.1. The summed E-state index contributed by atoms with van der Waals surface area (Å²) in [4.78, 5) is 16.9. The van der Waals surface area contributed by atoms with Gasteiger partial charge in [-0.1, -0.05) is 19.0 Å². The zero-order chi connectivity index (χ0) is 20.3. The minimum atomic E-state index is -0.315. The number of nitrogens with zero attached hydrogens (tertiary/aromatic N) is 4. The molecule has 7 nitrogen and oxygen atoms in total. The van der Waals surface area contributed by atoms with Gasteiger partial charge in [0.15, 0.2) is 5.82 Å². The molecule has 0 spiro atoms. The highest BCUT2D eigenvalue weighted by Gasteiger charge is 2.19. The van der Waals surface area contributed by atoms with Gasteiger partial charge in [0.05, 0.1) is 22.6 Å². The first-order valence-corrected chi connectivity index (χ1v) is 9.29. The highest BCUT2D eigenvalue weighted by Crippen LogP contribution is 2.18. The quantitative estimate of drug-likeness (QED) is 0.629. The smallest absolute Gasteiger partial charge is 0.255 e. The summed E-state index contributed by atoms with van der Waals surface area (Å²) in [5, 5.41) is 11.3. The number of benzene rings is 1. The van der Waals surface area contributed by atoms with Crippen molar-refractivity contribution in [2.24, 2.45) is 0 Å². The van der Waals surface area contributed by atoms with Gasteiger partial charge in [0.25, 0.3) is 5.91 Å². The van der Waals surface area contributed by atoms with Crippen LogP contribution in [0.5, 0.6) is 0 Å². The summed E-state index contributed by atoms with van der Waals surface area (Å²) in [6.07, 6.45) is 1.29. The minimum absolute atomic E-state index is 0.184. The van der Waals surface area contributed by atoms with Crippen LogP contribution in [0, 0.1) is 19.7 Å². The van der Waals surface area contributed by atoms with Crippen LogP contribution in [0.2, 0.25) is 0 Å². The largest absolute Gasteiger partial charge is 0.352 e. The Morgan fingerprint density at radius 2 is 1.96 bits per heavy atom. The number of carbonyl (C=O) groups is 1. The Balaban J connectivity index is 1.60. The van der Waals surface area contributed by atoms with Gasteiger partial charge >= 0.3 is 0 Å². The van der Waals surface area contributed by atoms with Crippen LogP contribution >= 0.6 is 0 Å². The molecule has 0 aliphatic rings. The Kier molecular flexibility index (Phi) is 5.87. The van der Waals surface area contributed by atoms with Gasteiger partial charge in [0.2, 0.25) is 5.89 Å². The van der Waals surface area contributed by atoms with Gasteiger partial charge in [-0.25, -0.2) is 9.07 Å². The third-order valence-corrected chi connectivity index (χ3v) is 4.44. The van der Waals surface area contributed by atoms with E-state index in [0.29, 0.717) is 53.7 Å². The maximum atomic E-state index is 13.1. The zero-order valence-corrected chi connectivity index (χ0v) is 16.5. The predicted octanol–water partition coefficient (Wildman–Crippen LogP) is 3.50. The van der Waals surface area contributed by atoms with Crippen molar-refractivity contribution in [1.82, 2.24) is 25.2 Å². The van der Waals surface area contributed by atoms with E-state index in [0.717, 1.165) is 0 Å². The molecule has 0 saturated carbocycles. The molecular formula is C20H24FN5O2. The lowest BCUT2D eigenvalue weighted by Crippen LogP contribution is -2.26. The summed E-state index contributed by atoms with van der Waals surface area (Å²) >= 11 is 0. The third-order valence-electron chi connectivity index (χ3n) is 4.44. The summed E-state index contributed by atoms with van der Waals surface area (Å²) in [5.41, 5.74) is 2.57. The number of rotatable bonds is 7. The lowest BCUT2D eigenvalue weighted by atomic mass is 10.1. The lowest BCUT2D eigenvalue weighted by Gasteiger charge is -2.06. The average Bonchev–Trinajstić information content (AvgIpc) is 3.24. The van der Waals surface area contributed by atoms with E-state index in [-0.39, 0.29) is 17.6 Å². The number of carbonyl (C=O) groups excluding carboxylic acids is 1. The molecule has 1 N–H and O–H groups in total. The summed E-state index contributed by atoms with van der Waals surface area (Å²) in [6.45, 7) is 8.11. The van der Waals surface area contributed by atoms with Crippen molar-refractivity contribution in [2.75, 3.05) is 6.54 Å². The molecule has 0 saturated heterocycles. The highest BCUT2D eigenvalue weighted by atomic mass is 19.1. The number of aryl methyl sites for hydroxylation is 2. The second-order valence-corrected chi connectivity index (χ2v) is 6.99. The van der Waals surface area contributed by atoms with E-state index in [1.807, 2.05) is 20.8 Å². The van der Waals surface area contributed by atoms with Crippen molar-refractivity contribution < 1.29 is 13.7 Å². The molecule has 0 aliphatic carbocycles. The number of hydrogen-bond acceptors (Lipinski definition) is 5. The molecule has 3 rings (SSSR count). The molecule has 2 heterocycles. The zero-order valence-electron chi connectivity index (χ0n) is 16.5. The molecule has 148 valence electrons. The Morgan fingerprint density at radius 1 is 1.25 bits per heavy atom. The lowest BCUT2D eigenvalue weighted by molar-refractivity contribution is 0.0951. The van der Waals surface area contributed by atoms with E-state index in [2.05, 4.69) is 20.6 Å². The van der Waals surface area contributed by atoms with Gasteiger partial charge in [-0.15, -0.1) is 0 Å². The van der Waals surface area contributed by atoms with Crippen molar-refractivity contribution in [3.8, 4) is 5.69 Å². The van der Waals surface area contributed by atoms with Crippen molar-refractivity contribution >= 4 is 5.91 Å². The van der Waals surface area contributed by atoms with Crippen molar-refractivity contribution in [1.29, 1.82) is 0 Å². The average molecular weight is 385 g/mol. The molecule has 8 heteroatoms. The van der Waals surface area contributed by atoms with Gasteiger partial charge < -0.3 is 9.84 Å².